The smallest absolute Gasteiger partial charge is 0.271 e. The number of rotatable bonds is 3. The van der Waals surface area contributed by atoms with Gasteiger partial charge >= 0.3 is 0 Å². The van der Waals surface area contributed by atoms with E-state index in [-0.39, 0.29) is 17.2 Å². The molecule has 1 atom stereocenters. The Kier molecular flexibility index (Phi) is 5.07. The molecule has 1 amide bonds. The lowest BCUT2D eigenvalue weighted by atomic mass is 9.76. The van der Waals surface area contributed by atoms with E-state index in [0.717, 1.165) is 11.1 Å². The topological polar surface area (TPSA) is 112 Å². The number of nitrogens with two attached hydrogens (primary N) is 1. The predicted octanol–water partition coefficient (Wildman–Crippen LogP) is 2.84. The van der Waals surface area contributed by atoms with Gasteiger partial charge in [-0.05, 0) is 37.5 Å². The molecule has 1 unspecified atom stereocenters. The SMILES string of the molecule is Cc1ccc(C2C(C#N)=C(N)N(NC(=O)c3cccnc3)C3=C2C(=O)CCC3)cc1. The second-order valence-electron chi connectivity index (χ2n) is 7.41. The Morgan fingerprint density at radius 3 is 2.70 bits per heavy atom. The molecule has 0 saturated heterocycles. The van der Waals surface area contributed by atoms with E-state index in [4.69, 9.17) is 5.73 Å². The Morgan fingerprint density at radius 1 is 1.27 bits per heavy atom. The number of nitrogens with zero attached hydrogens (tertiary/aromatic N) is 3. The summed E-state index contributed by atoms with van der Waals surface area (Å²) in [7, 11) is 0. The molecule has 2 heterocycles. The highest BCUT2D eigenvalue weighted by molar-refractivity contribution is 6.00. The molecule has 1 aliphatic heterocycles. The summed E-state index contributed by atoms with van der Waals surface area (Å²) >= 11 is 0. The lowest BCUT2D eigenvalue weighted by molar-refractivity contribution is -0.116. The zero-order valence-electron chi connectivity index (χ0n) is 16.6. The molecule has 0 spiro atoms. The van der Waals surface area contributed by atoms with Crippen LogP contribution in [0.5, 0.6) is 0 Å². The van der Waals surface area contributed by atoms with Crippen LogP contribution < -0.4 is 11.2 Å². The van der Waals surface area contributed by atoms with Crippen molar-refractivity contribution < 1.29 is 9.59 Å². The number of hydrogen-bond acceptors (Lipinski definition) is 6. The minimum absolute atomic E-state index is 0.0253. The number of aromatic nitrogens is 1. The fourth-order valence-corrected chi connectivity index (χ4v) is 3.97. The van der Waals surface area contributed by atoms with Gasteiger partial charge in [-0.15, -0.1) is 0 Å². The van der Waals surface area contributed by atoms with Crippen LogP contribution in [0.25, 0.3) is 0 Å². The number of carbonyl (C=O) groups excluding carboxylic acids is 2. The standard InChI is InChI=1S/C23H21N5O2/c1-14-7-9-15(10-8-14)20-17(12-24)22(25)28(18-5-2-6-19(29)21(18)20)27-23(30)16-4-3-11-26-13-16/h3-4,7-11,13,20H,2,5-6,25H2,1H3,(H,27,30). The summed E-state index contributed by atoms with van der Waals surface area (Å²) in [6, 6.07) is 13.2. The first-order chi connectivity index (χ1) is 14.5. The van der Waals surface area contributed by atoms with Crippen LogP contribution in [0.3, 0.4) is 0 Å². The van der Waals surface area contributed by atoms with Gasteiger partial charge in [-0.25, -0.2) is 5.01 Å². The highest BCUT2D eigenvalue weighted by Gasteiger charge is 2.40. The average Bonchev–Trinajstić information content (AvgIpc) is 2.76. The molecule has 150 valence electrons. The minimum Gasteiger partial charge on any atom is -0.383 e. The van der Waals surface area contributed by atoms with Crippen LogP contribution in [0.1, 0.15) is 46.7 Å². The van der Waals surface area contributed by atoms with E-state index in [9.17, 15) is 14.9 Å². The minimum atomic E-state index is -0.537. The van der Waals surface area contributed by atoms with Crippen molar-refractivity contribution in [3.8, 4) is 6.07 Å². The van der Waals surface area contributed by atoms with Crippen LogP contribution in [0.4, 0.5) is 0 Å². The Hall–Kier alpha value is -3.92. The maximum Gasteiger partial charge on any atom is 0.271 e. The lowest BCUT2D eigenvalue weighted by Gasteiger charge is -2.39. The fourth-order valence-electron chi connectivity index (χ4n) is 3.97. The maximum atomic E-state index is 13.0. The molecule has 0 bridgehead atoms. The molecule has 7 heteroatoms. The van der Waals surface area contributed by atoms with Crippen LogP contribution in [-0.2, 0) is 4.79 Å². The number of carbonyl (C=O) groups is 2. The predicted molar refractivity (Wildman–Crippen MR) is 110 cm³/mol. The first-order valence-corrected chi connectivity index (χ1v) is 9.75. The first kappa shape index (κ1) is 19.4. The van der Waals surface area contributed by atoms with Gasteiger partial charge in [0.2, 0.25) is 0 Å². The number of nitrogens with one attached hydrogen (secondary N) is 1. The van der Waals surface area contributed by atoms with Gasteiger partial charge in [0.15, 0.2) is 5.78 Å². The zero-order valence-corrected chi connectivity index (χ0v) is 16.6. The lowest BCUT2D eigenvalue weighted by Crippen LogP contribution is -2.48. The van der Waals surface area contributed by atoms with E-state index < -0.39 is 11.8 Å². The summed E-state index contributed by atoms with van der Waals surface area (Å²) in [6.45, 7) is 1.98. The highest BCUT2D eigenvalue weighted by atomic mass is 16.2. The molecule has 0 saturated carbocycles. The number of hydrogen-bond donors (Lipinski definition) is 2. The average molecular weight is 399 g/mol. The van der Waals surface area contributed by atoms with E-state index in [0.29, 0.717) is 36.1 Å². The van der Waals surface area contributed by atoms with Gasteiger partial charge in [-0.1, -0.05) is 29.8 Å². The molecule has 2 aromatic rings. The number of Topliss-reactive ketones (excluding diaryl/α,β-unsaturated/α-hetero) is 1. The van der Waals surface area contributed by atoms with Crippen molar-refractivity contribution in [3.63, 3.8) is 0 Å². The van der Waals surface area contributed by atoms with Gasteiger partial charge in [0.25, 0.3) is 5.91 Å². The molecule has 1 aliphatic carbocycles. The summed E-state index contributed by atoms with van der Waals surface area (Å²) in [6.07, 6.45) is 4.67. The molecule has 1 aromatic carbocycles. The van der Waals surface area contributed by atoms with Crippen molar-refractivity contribution in [3.05, 3.63) is 88.1 Å². The van der Waals surface area contributed by atoms with Crippen LogP contribution in [-0.4, -0.2) is 21.7 Å². The summed E-state index contributed by atoms with van der Waals surface area (Å²) in [5.74, 6) is -0.844. The number of aryl methyl sites for hydroxylation is 1. The van der Waals surface area contributed by atoms with Crippen molar-refractivity contribution in [1.82, 2.24) is 15.4 Å². The summed E-state index contributed by atoms with van der Waals surface area (Å²) in [5.41, 5.74) is 12.8. The van der Waals surface area contributed by atoms with E-state index in [2.05, 4.69) is 16.5 Å². The normalized spacial score (nSPS) is 18.7. The molecule has 0 fully saturated rings. The van der Waals surface area contributed by atoms with Crippen LogP contribution in [0.15, 0.2) is 71.5 Å². The Balaban J connectivity index is 1.81. The van der Waals surface area contributed by atoms with E-state index in [1.54, 1.807) is 18.3 Å². The number of hydrazine groups is 1. The van der Waals surface area contributed by atoms with Crippen molar-refractivity contribution in [2.45, 2.75) is 32.1 Å². The van der Waals surface area contributed by atoms with Gasteiger partial charge in [-0.2, -0.15) is 5.26 Å². The molecule has 3 N–H and O–H groups in total. The Morgan fingerprint density at radius 2 is 2.03 bits per heavy atom. The van der Waals surface area contributed by atoms with Crippen molar-refractivity contribution in [1.29, 1.82) is 5.26 Å². The number of benzene rings is 1. The number of amides is 1. The number of ketones is 1. The van der Waals surface area contributed by atoms with Crippen molar-refractivity contribution >= 4 is 11.7 Å². The van der Waals surface area contributed by atoms with Gasteiger partial charge in [0.05, 0.1) is 23.1 Å². The summed E-state index contributed by atoms with van der Waals surface area (Å²) in [5, 5.41) is 11.3. The molecule has 1 aromatic heterocycles. The number of allylic oxidation sites excluding steroid dienone is 3. The van der Waals surface area contributed by atoms with Gasteiger partial charge < -0.3 is 5.73 Å². The zero-order chi connectivity index (χ0) is 21.3. The molecular weight excluding hydrogens is 378 g/mol. The van der Waals surface area contributed by atoms with Crippen molar-refractivity contribution in [2.24, 2.45) is 5.73 Å². The van der Waals surface area contributed by atoms with Crippen LogP contribution in [0, 0.1) is 18.3 Å². The maximum absolute atomic E-state index is 13.0. The van der Waals surface area contributed by atoms with Gasteiger partial charge in [0, 0.05) is 30.1 Å². The van der Waals surface area contributed by atoms with Crippen LogP contribution in [0.2, 0.25) is 0 Å². The molecule has 7 nitrogen and oxygen atoms in total. The van der Waals surface area contributed by atoms with Crippen LogP contribution >= 0.6 is 0 Å². The van der Waals surface area contributed by atoms with E-state index in [1.807, 2.05) is 31.2 Å². The Bertz CT molecular complexity index is 1110. The van der Waals surface area contributed by atoms with Gasteiger partial charge in [0.1, 0.15) is 5.82 Å². The fraction of sp³-hybridized carbons (Fsp3) is 0.217. The highest BCUT2D eigenvalue weighted by Crippen LogP contribution is 2.44. The molecule has 2 aliphatic rings. The third-order valence-electron chi connectivity index (χ3n) is 5.46. The third-order valence-corrected chi connectivity index (χ3v) is 5.46. The third kappa shape index (κ3) is 3.33. The first-order valence-electron chi connectivity index (χ1n) is 9.75. The van der Waals surface area contributed by atoms with Gasteiger partial charge in [-0.3, -0.25) is 20.0 Å². The van der Waals surface area contributed by atoms with Crippen molar-refractivity contribution in [2.75, 3.05) is 0 Å². The van der Waals surface area contributed by atoms with E-state index in [1.165, 1.54) is 11.2 Å². The molecular formula is C23H21N5O2. The molecule has 0 radical (unpaired) electrons. The summed E-state index contributed by atoms with van der Waals surface area (Å²) < 4.78 is 0. The molecule has 30 heavy (non-hydrogen) atoms. The summed E-state index contributed by atoms with van der Waals surface area (Å²) in [4.78, 5) is 29.7. The number of pyridine rings is 1. The monoisotopic (exact) mass is 399 g/mol. The van der Waals surface area contributed by atoms with E-state index >= 15 is 0 Å². The largest absolute Gasteiger partial charge is 0.383 e. The second-order valence-corrected chi connectivity index (χ2v) is 7.41. The number of nitriles is 1. The Labute approximate surface area is 174 Å². The second kappa shape index (κ2) is 7.84. The quantitative estimate of drug-likeness (QED) is 0.821. The molecule has 4 rings (SSSR count).